The summed E-state index contributed by atoms with van der Waals surface area (Å²) in [6.07, 6.45) is 4.45. The zero-order valence-electron chi connectivity index (χ0n) is 18.9. The second-order valence-electron chi connectivity index (χ2n) is 8.25. The molecular formula is C24H23BrN2O6S2. The third-order valence-corrected chi connectivity index (χ3v) is 8.41. The molecule has 0 aliphatic carbocycles. The summed E-state index contributed by atoms with van der Waals surface area (Å²) in [6.45, 7) is 2.88. The molecule has 0 atom stereocenters. The Labute approximate surface area is 216 Å². The van der Waals surface area contributed by atoms with Crippen LogP contribution in [0.15, 0.2) is 56.7 Å². The van der Waals surface area contributed by atoms with E-state index in [9.17, 15) is 22.8 Å². The van der Waals surface area contributed by atoms with Crippen molar-refractivity contribution >= 4 is 60.9 Å². The molecule has 2 aliphatic rings. The molecule has 2 aliphatic heterocycles. The minimum atomic E-state index is -4.02. The first-order chi connectivity index (χ1) is 16.6. The van der Waals surface area contributed by atoms with E-state index in [4.69, 9.17) is 4.18 Å². The first-order valence-corrected chi connectivity index (χ1v) is 14.0. The molecule has 2 heterocycles. The normalized spacial score (nSPS) is 17.8. The molecule has 0 aromatic heterocycles. The van der Waals surface area contributed by atoms with Crippen LogP contribution in [0.3, 0.4) is 0 Å². The number of halogens is 1. The molecule has 0 saturated carbocycles. The van der Waals surface area contributed by atoms with Crippen molar-refractivity contribution in [3.63, 3.8) is 0 Å². The second-order valence-corrected chi connectivity index (χ2v) is 11.6. The fourth-order valence-corrected chi connectivity index (χ4v) is 6.08. The average molecular weight is 579 g/mol. The highest BCUT2D eigenvalue weighted by atomic mass is 79.9. The monoisotopic (exact) mass is 578 g/mol. The van der Waals surface area contributed by atoms with E-state index < -0.39 is 21.3 Å². The van der Waals surface area contributed by atoms with Crippen LogP contribution in [0.2, 0.25) is 0 Å². The predicted molar refractivity (Wildman–Crippen MR) is 136 cm³/mol. The van der Waals surface area contributed by atoms with Gasteiger partial charge in [-0.25, -0.2) is 0 Å². The summed E-state index contributed by atoms with van der Waals surface area (Å²) in [5.41, 5.74) is 1.49. The standard InChI is InChI=1S/C24H23BrN2O6S2/c1-16-5-8-18(9-6-16)35(31,32)33-20-10-7-17(13-19(20)25)14-21-23(29)27(24(30)34-21)15-22(28)26-11-3-2-4-12-26/h5-10,13-14H,2-4,11-12,15H2,1H3/b21-14-. The molecule has 184 valence electrons. The number of rotatable bonds is 6. The molecule has 0 N–H and O–H groups in total. The van der Waals surface area contributed by atoms with Crippen molar-refractivity contribution in [1.29, 1.82) is 0 Å². The van der Waals surface area contributed by atoms with Crippen molar-refractivity contribution in [2.75, 3.05) is 19.6 Å². The Morgan fingerprint density at radius 1 is 1.09 bits per heavy atom. The van der Waals surface area contributed by atoms with Gasteiger partial charge in [-0.15, -0.1) is 0 Å². The van der Waals surface area contributed by atoms with Gasteiger partial charge in [-0.05, 0) is 89.8 Å². The summed E-state index contributed by atoms with van der Waals surface area (Å²) in [5.74, 6) is -0.668. The van der Waals surface area contributed by atoms with Crippen molar-refractivity contribution in [2.24, 2.45) is 0 Å². The lowest BCUT2D eigenvalue weighted by atomic mass is 10.1. The molecule has 3 amide bonds. The number of nitrogens with zero attached hydrogens (tertiary/aromatic N) is 2. The van der Waals surface area contributed by atoms with E-state index in [0.717, 1.165) is 41.5 Å². The molecule has 0 unspecified atom stereocenters. The van der Waals surface area contributed by atoms with Crippen LogP contribution in [-0.2, 0) is 19.7 Å². The van der Waals surface area contributed by atoms with Crippen LogP contribution in [0.25, 0.3) is 6.08 Å². The van der Waals surface area contributed by atoms with Gasteiger partial charge in [0.05, 0.1) is 9.38 Å². The van der Waals surface area contributed by atoms with Gasteiger partial charge in [0.25, 0.3) is 11.1 Å². The molecular weight excluding hydrogens is 556 g/mol. The van der Waals surface area contributed by atoms with Crippen LogP contribution in [-0.4, -0.2) is 54.9 Å². The highest BCUT2D eigenvalue weighted by Gasteiger charge is 2.37. The summed E-state index contributed by atoms with van der Waals surface area (Å²) in [4.78, 5) is 40.6. The fraction of sp³-hybridized carbons (Fsp3) is 0.292. The van der Waals surface area contributed by atoms with Crippen molar-refractivity contribution < 1.29 is 27.0 Å². The fourth-order valence-electron chi connectivity index (χ4n) is 3.71. The molecule has 2 saturated heterocycles. The Balaban J connectivity index is 1.46. The van der Waals surface area contributed by atoms with E-state index in [1.165, 1.54) is 24.3 Å². The SMILES string of the molecule is Cc1ccc(S(=O)(=O)Oc2ccc(/C=C3\SC(=O)N(CC(=O)N4CCCCC4)C3=O)cc2Br)cc1. The molecule has 2 aromatic rings. The van der Waals surface area contributed by atoms with Crippen LogP contribution < -0.4 is 4.18 Å². The van der Waals surface area contributed by atoms with E-state index in [2.05, 4.69) is 15.9 Å². The van der Waals surface area contributed by atoms with Crippen LogP contribution in [0.5, 0.6) is 5.75 Å². The molecule has 35 heavy (non-hydrogen) atoms. The van der Waals surface area contributed by atoms with Crippen molar-refractivity contribution in [3.05, 3.63) is 63.0 Å². The minimum Gasteiger partial charge on any atom is -0.378 e. The number of carbonyl (C=O) groups excluding carboxylic acids is 3. The Morgan fingerprint density at radius 3 is 2.43 bits per heavy atom. The Morgan fingerprint density at radius 2 is 1.77 bits per heavy atom. The number of hydrogen-bond donors (Lipinski definition) is 0. The molecule has 8 nitrogen and oxygen atoms in total. The van der Waals surface area contributed by atoms with Gasteiger partial charge in [0, 0.05) is 13.1 Å². The summed E-state index contributed by atoms with van der Waals surface area (Å²) in [7, 11) is -4.02. The predicted octanol–water partition coefficient (Wildman–Crippen LogP) is 4.57. The lowest BCUT2D eigenvalue weighted by Gasteiger charge is -2.27. The smallest absolute Gasteiger partial charge is 0.339 e. The Kier molecular flexibility index (Phi) is 7.67. The quantitative estimate of drug-likeness (QED) is 0.365. The van der Waals surface area contributed by atoms with E-state index in [0.29, 0.717) is 23.1 Å². The second kappa shape index (κ2) is 10.5. The number of piperidine rings is 1. The topological polar surface area (TPSA) is 101 Å². The summed E-state index contributed by atoms with van der Waals surface area (Å²) in [5, 5.41) is -0.491. The van der Waals surface area contributed by atoms with Gasteiger partial charge >= 0.3 is 10.1 Å². The number of thioether (sulfide) groups is 1. The van der Waals surface area contributed by atoms with E-state index in [1.54, 1.807) is 29.2 Å². The molecule has 0 spiro atoms. The van der Waals surface area contributed by atoms with E-state index in [1.807, 2.05) is 6.92 Å². The van der Waals surface area contributed by atoms with Gasteiger partial charge in [0.2, 0.25) is 5.91 Å². The van der Waals surface area contributed by atoms with Gasteiger partial charge in [0.1, 0.15) is 11.4 Å². The maximum Gasteiger partial charge on any atom is 0.339 e. The van der Waals surface area contributed by atoms with Crippen molar-refractivity contribution in [2.45, 2.75) is 31.1 Å². The average Bonchev–Trinajstić information content (AvgIpc) is 3.09. The number of likely N-dealkylation sites (tertiary alicyclic amines) is 1. The molecule has 0 bridgehead atoms. The molecule has 11 heteroatoms. The zero-order chi connectivity index (χ0) is 25.2. The van der Waals surface area contributed by atoms with E-state index in [-0.39, 0.29) is 28.0 Å². The first-order valence-electron chi connectivity index (χ1n) is 11.0. The largest absolute Gasteiger partial charge is 0.378 e. The van der Waals surface area contributed by atoms with Crippen molar-refractivity contribution in [1.82, 2.24) is 9.80 Å². The maximum absolute atomic E-state index is 12.8. The van der Waals surface area contributed by atoms with Gasteiger partial charge in [-0.1, -0.05) is 23.8 Å². The van der Waals surface area contributed by atoms with Crippen LogP contribution in [0.4, 0.5) is 4.79 Å². The number of benzene rings is 2. The first kappa shape index (κ1) is 25.5. The van der Waals surface area contributed by atoms with Gasteiger partial charge in [-0.3, -0.25) is 19.3 Å². The van der Waals surface area contributed by atoms with Crippen LogP contribution in [0, 0.1) is 6.92 Å². The van der Waals surface area contributed by atoms with E-state index >= 15 is 0 Å². The van der Waals surface area contributed by atoms with Crippen LogP contribution in [0.1, 0.15) is 30.4 Å². The van der Waals surface area contributed by atoms with Crippen LogP contribution >= 0.6 is 27.7 Å². The van der Waals surface area contributed by atoms with Gasteiger partial charge in [-0.2, -0.15) is 8.42 Å². The Bertz CT molecular complexity index is 1300. The summed E-state index contributed by atoms with van der Waals surface area (Å²) in [6, 6.07) is 10.9. The highest BCUT2D eigenvalue weighted by molar-refractivity contribution is 9.10. The summed E-state index contributed by atoms with van der Waals surface area (Å²) >= 11 is 4.08. The number of amides is 3. The summed E-state index contributed by atoms with van der Waals surface area (Å²) < 4.78 is 30.8. The lowest BCUT2D eigenvalue weighted by Crippen LogP contribution is -2.44. The van der Waals surface area contributed by atoms with Gasteiger partial charge < -0.3 is 9.08 Å². The van der Waals surface area contributed by atoms with Gasteiger partial charge in [0.15, 0.2) is 5.75 Å². The van der Waals surface area contributed by atoms with Crippen molar-refractivity contribution in [3.8, 4) is 5.75 Å². The molecule has 4 rings (SSSR count). The third kappa shape index (κ3) is 5.96. The third-order valence-electron chi connectivity index (χ3n) is 5.64. The minimum absolute atomic E-state index is 0.0341. The molecule has 2 aromatic carbocycles. The number of imide groups is 1. The Hall–Kier alpha value is -2.63. The molecule has 0 radical (unpaired) electrons. The molecule has 2 fully saturated rings. The lowest BCUT2D eigenvalue weighted by molar-refractivity contribution is -0.136. The maximum atomic E-state index is 12.8. The number of carbonyl (C=O) groups is 3. The number of aryl methyl sites for hydroxylation is 1. The number of hydrogen-bond acceptors (Lipinski definition) is 7. The zero-order valence-corrected chi connectivity index (χ0v) is 22.1. The highest BCUT2D eigenvalue weighted by Crippen LogP contribution is 2.34.